The van der Waals surface area contributed by atoms with Crippen molar-refractivity contribution in [2.45, 2.75) is 13.3 Å². The summed E-state index contributed by atoms with van der Waals surface area (Å²) in [7, 11) is 0. The molecule has 152 valence electrons. The average molecular weight is 414 g/mol. The molecule has 3 aromatic rings. The van der Waals surface area contributed by atoms with Crippen LogP contribution in [0.5, 0.6) is 0 Å². The summed E-state index contributed by atoms with van der Waals surface area (Å²) >= 11 is 1.37. The Hall–Kier alpha value is -2.82. The second kappa shape index (κ2) is 8.27. The minimum atomic E-state index is -0.250. The van der Waals surface area contributed by atoms with Gasteiger partial charge in [0.25, 0.3) is 5.56 Å². The Morgan fingerprint density at radius 1 is 1.34 bits per heavy atom. The third kappa shape index (κ3) is 3.86. The van der Waals surface area contributed by atoms with Crippen LogP contribution in [0.4, 0.5) is 11.5 Å². The van der Waals surface area contributed by atoms with Crippen molar-refractivity contribution >= 4 is 33.7 Å². The van der Waals surface area contributed by atoms with Gasteiger partial charge in [-0.2, -0.15) is 9.61 Å². The van der Waals surface area contributed by atoms with Gasteiger partial charge in [0.2, 0.25) is 10.9 Å². The van der Waals surface area contributed by atoms with Gasteiger partial charge in [-0.15, -0.1) is 0 Å². The van der Waals surface area contributed by atoms with E-state index in [0.29, 0.717) is 27.9 Å². The maximum atomic E-state index is 12.6. The maximum absolute atomic E-state index is 12.6. The van der Waals surface area contributed by atoms with Crippen molar-refractivity contribution in [3.8, 4) is 10.6 Å². The minimum absolute atomic E-state index is 0.0807. The van der Waals surface area contributed by atoms with Crippen LogP contribution in [0, 0.1) is 0 Å². The van der Waals surface area contributed by atoms with Crippen molar-refractivity contribution < 1.29 is 4.79 Å². The lowest BCUT2D eigenvalue weighted by molar-refractivity contribution is -0.114. The van der Waals surface area contributed by atoms with E-state index in [-0.39, 0.29) is 18.0 Å². The summed E-state index contributed by atoms with van der Waals surface area (Å²) in [5, 5.41) is 11.3. The van der Waals surface area contributed by atoms with Gasteiger partial charge in [0.1, 0.15) is 10.8 Å². The molecule has 4 N–H and O–H groups in total. The van der Waals surface area contributed by atoms with Crippen LogP contribution in [-0.4, -0.2) is 53.2 Å². The third-order valence-corrected chi connectivity index (χ3v) is 5.83. The first kappa shape index (κ1) is 19.5. The zero-order chi connectivity index (χ0) is 20.4. The van der Waals surface area contributed by atoms with Crippen LogP contribution in [0.15, 0.2) is 29.1 Å². The lowest BCUT2D eigenvalue weighted by Crippen LogP contribution is -2.44. The summed E-state index contributed by atoms with van der Waals surface area (Å²) in [5.41, 5.74) is 7.76. The molecule has 10 heteroatoms. The van der Waals surface area contributed by atoms with Crippen LogP contribution in [0.2, 0.25) is 0 Å². The molecule has 1 fully saturated rings. The number of aromatic nitrogens is 3. The highest BCUT2D eigenvalue weighted by atomic mass is 32.1. The van der Waals surface area contributed by atoms with Crippen LogP contribution < -0.4 is 26.8 Å². The summed E-state index contributed by atoms with van der Waals surface area (Å²) in [6, 6.07) is 7.18. The van der Waals surface area contributed by atoms with Crippen molar-refractivity contribution in [3.05, 3.63) is 40.2 Å². The first-order chi connectivity index (χ1) is 14.1. The van der Waals surface area contributed by atoms with E-state index in [9.17, 15) is 9.59 Å². The Morgan fingerprint density at radius 3 is 2.86 bits per heavy atom. The fourth-order valence-electron chi connectivity index (χ4n) is 3.45. The van der Waals surface area contributed by atoms with Gasteiger partial charge in [0.05, 0.1) is 6.54 Å². The number of nitrogens with two attached hydrogens (primary N) is 1. The van der Waals surface area contributed by atoms with Crippen LogP contribution >= 0.6 is 11.3 Å². The first-order valence-electron chi connectivity index (χ1n) is 9.59. The first-order valence-corrected chi connectivity index (χ1v) is 10.4. The molecule has 3 heterocycles. The molecular weight excluding hydrogens is 390 g/mol. The average Bonchev–Trinajstić information content (AvgIpc) is 3.19. The zero-order valence-corrected chi connectivity index (χ0v) is 17.0. The monoisotopic (exact) mass is 413 g/mol. The van der Waals surface area contributed by atoms with Gasteiger partial charge in [0.15, 0.2) is 0 Å². The molecule has 29 heavy (non-hydrogen) atoms. The molecule has 0 aliphatic carbocycles. The number of amides is 1. The van der Waals surface area contributed by atoms with Crippen LogP contribution in [0.1, 0.15) is 12.5 Å². The second-order valence-corrected chi connectivity index (χ2v) is 7.68. The van der Waals surface area contributed by atoms with Crippen molar-refractivity contribution in [2.24, 2.45) is 5.73 Å². The molecule has 0 atom stereocenters. The van der Waals surface area contributed by atoms with Gasteiger partial charge in [-0.3, -0.25) is 9.59 Å². The van der Waals surface area contributed by atoms with Crippen LogP contribution in [0.25, 0.3) is 15.5 Å². The van der Waals surface area contributed by atoms with Crippen molar-refractivity contribution in [2.75, 3.05) is 42.9 Å². The number of carbonyl (C=O) groups is 1. The van der Waals surface area contributed by atoms with Crippen molar-refractivity contribution in [1.29, 1.82) is 0 Å². The van der Waals surface area contributed by atoms with E-state index in [1.165, 1.54) is 15.9 Å². The van der Waals surface area contributed by atoms with Crippen molar-refractivity contribution in [3.63, 3.8) is 0 Å². The predicted octanol–water partition coefficient (Wildman–Crippen LogP) is 0.687. The van der Waals surface area contributed by atoms with E-state index in [4.69, 9.17) is 5.73 Å². The fraction of sp³-hybridized carbons (Fsp3) is 0.368. The molecule has 9 nitrogen and oxygen atoms in total. The van der Waals surface area contributed by atoms with Gasteiger partial charge in [-0.1, -0.05) is 30.4 Å². The molecule has 1 aromatic carbocycles. The summed E-state index contributed by atoms with van der Waals surface area (Å²) in [4.78, 5) is 31.7. The number of nitrogens with zero attached hydrogens (tertiary/aromatic N) is 4. The summed E-state index contributed by atoms with van der Waals surface area (Å²) < 4.78 is 1.34. The number of hydrogen-bond acceptors (Lipinski definition) is 8. The Balaban J connectivity index is 1.76. The Morgan fingerprint density at radius 2 is 2.14 bits per heavy atom. The molecule has 2 aromatic heterocycles. The molecule has 1 aliphatic rings. The summed E-state index contributed by atoms with van der Waals surface area (Å²) in [5.74, 6) is 0.436. The Kier molecular flexibility index (Phi) is 5.56. The molecule has 0 unspecified atom stereocenters. The molecule has 0 radical (unpaired) electrons. The Labute approximate surface area is 171 Å². The SMILES string of the molecule is CCc1c(NC(=O)CN)cccc1-c1nn2c(=O)cc(N3CCNCC3)nc2s1. The predicted molar refractivity (Wildman–Crippen MR) is 115 cm³/mol. The van der Waals surface area contributed by atoms with Gasteiger partial charge in [-0.05, 0) is 18.1 Å². The summed E-state index contributed by atoms with van der Waals surface area (Å²) in [6.45, 7) is 5.31. The highest BCUT2D eigenvalue weighted by Crippen LogP contribution is 2.32. The number of piperazine rings is 1. The maximum Gasteiger partial charge on any atom is 0.277 e. The number of fused-ring (bicyclic) bond motifs is 1. The van der Waals surface area contributed by atoms with E-state index < -0.39 is 0 Å². The van der Waals surface area contributed by atoms with Crippen molar-refractivity contribution in [1.82, 2.24) is 19.9 Å². The highest BCUT2D eigenvalue weighted by molar-refractivity contribution is 7.19. The lowest BCUT2D eigenvalue weighted by atomic mass is 10.0. The standard InChI is InChI=1S/C19H23N7O2S/c1-2-12-13(4-3-5-14(12)22-16(27)11-20)18-24-26-17(28)10-15(23-19(26)29-18)25-8-6-21-7-9-25/h3-5,10,21H,2,6-9,11,20H2,1H3,(H,22,27). The number of carbonyl (C=O) groups excluding carboxylic acids is 1. The third-order valence-electron chi connectivity index (χ3n) is 4.89. The van der Waals surface area contributed by atoms with E-state index >= 15 is 0 Å². The summed E-state index contributed by atoms with van der Waals surface area (Å²) in [6.07, 6.45) is 0.695. The largest absolute Gasteiger partial charge is 0.354 e. The molecule has 1 saturated heterocycles. The number of anilines is 2. The molecule has 0 spiro atoms. The van der Waals surface area contributed by atoms with E-state index in [1.807, 2.05) is 25.1 Å². The molecule has 1 amide bonds. The van der Waals surface area contributed by atoms with Gasteiger partial charge in [0, 0.05) is 43.5 Å². The number of hydrogen-bond donors (Lipinski definition) is 3. The fourth-order valence-corrected chi connectivity index (χ4v) is 4.40. The molecule has 1 aliphatic heterocycles. The lowest BCUT2D eigenvalue weighted by Gasteiger charge is -2.27. The zero-order valence-electron chi connectivity index (χ0n) is 16.1. The van der Waals surface area contributed by atoms with E-state index in [1.54, 1.807) is 6.07 Å². The van der Waals surface area contributed by atoms with Crippen LogP contribution in [-0.2, 0) is 11.2 Å². The number of rotatable bonds is 5. The molecule has 0 bridgehead atoms. The molecule has 0 saturated carbocycles. The van der Waals surface area contributed by atoms with Gasteiger partial charge in [-0.25, -0.2) is 4.98 Å². The Bertz CT molecular complexity index is 1100. The minimum Gasteiger partial charge on any atom is -0.354 e. The quantitative estimate of drug-likeness (QED) is 0.563. The topological polar surface area (TPSA) is 118 Å². The number of benzene rings is 1. The van der Waals surface area contributed by atoms with E-state index in [2.05, 4.69) is 25.6 Å². The van der Waals surface area contributed by atoms with E-state index in [0.717, 1.165) is 37.3 Å². The normalized spacial score (nSPS) is 14.3. The highest BCUT2D eigenvalue weighted by Gasteiger charge is 2.18. The van der Waals surface area contributed by atoms with Gasteiger partial charge < -0.3 is 21.3 Å². The molecule has 4 rings (SSSR count). The smallest absolute Gasteiger partial charge is 0.277 e. The molecular formula is C19H23N7O2S. The van der Waals surface area contributed by atoms with Crippen LogP contribution in [0.3, 0.4) is 0 Å². The second-order valence-electron chi connectivity index (χ2n) is 6.73. The number of nitrogens with one attached hydrogen (secondary N) is 2. The van der Waals surface area contributed by atoms with Gasteiger partial charge >= 0.3 is 0 Å².